The maximum atomic E-state index is 12.2. The van der Waals surface area contributed by atoms with Crippen LogP contribution in [-0.4, -0.2) is 43.7 Å². The summed E-state index contributed by atoms with van der Waals surface area (Å²) in [6.07, 6.45) is 4.85. The fourth-order valence-corrected chi connectivity index (χ4v) is 3.55. The Morgan fingerprint density at radius 1 is 1.17 bits per heavy atom. The van der Waals surface area contributed by atoms with Crippen molar-refractivity contribution in [2.45, 2.75) is 45.6 Å². The van der Waals surface area contributed by atoms with Crippen LogP contribution >= 0.6 is 0 Å². The largest absolute Gasteiger partial charge is 0.497 e. The third-order valence-corrected chi connectivity index (χ3v) is 5.02. The molecular weight excluding hydrogens is 302 g/mol. The molecular formula is C19H31N3O2. The Balaban J connectivity index is 1.88. The van der Waals surface area contributed by atoms with Crippen LogP contribution in [0.5, 0.6) is 5.75 Å². The molecule has 1 fully saturated rings. The molecule has 1 saturated heterocycles. The molecule has 0 radical (unpaired) electrons. The second-order valence-corrected chi connectivity index (χ2v) is 6.45. The number of carbonyl (C=O) groups excluding carboxylic acids is 1. The SMILES string of the molecule is CCC(CC)C(CNC(=O)Nc1ccc(OC)cc1)N1CCCC1. The number of benzene rings is 1. The van der Waals surface area contributed by atoms with Gasteiger partial charge in [-0.3, -0.25) is 4.90 Å². The minimum Gasteiger partial charge on any atom is -0.497 e. The van der Waals surface area contributed by atoms with Crippen LogP contribution in [0, 0.1) is 5.92 Å². The first kappa shape index (κ1) is 18.6. The van der Waals surface area contributed by atoms with E-state index in [1.807, 2.05) is 24.3 Å². The van der Waals surface area contributed by atoms with E-state index in [1.54, 1.807) is 7.11 Å². The number of hydrogen-bond donors (Lipinski definition) is 2. The van der Waals surface area contributed by atoms with Gasteiger partial charge in [0.2, 0.25) is 0 Å². The molecule has 1 aromatic rings. The second-order valence-electron chi connectivity index (χ2n) is 6.45. The number of methoxy groups -OCH3 is 1. The fraction of sp³-hybridized carbons (Fsp3) is 0.632. The molecule has 1 unspecified atom stereocenters. The number of amides is 2. The van der Waals surface area contributed by atoms with Crippen molar-refractivity contribution in [2.75, 3.05) is 32.1 Å². The maximum Gasteiger partial charge on any atom is 0.319 e. The maximum absolute atomic E-state index is 12.2. The van der Waals surface area contributed by atoms with Gasteiger partial charge in [0.05, 0.1) is 7.11 Å². The van der Waals surface area contributed by atoms with Crippen LogP contribution in [0.4, 0.5) is 10.5 Å². The van der Waals surface area contributed by atoms with Crippen molar-refractivity contribution in [3.05, 3.63) is 24.3 Å². The highest BCUT2D eigenvalue weighted by Gasteiger charge is 2.27. The van der Waals surface area contributed by atoms with Gasteiger partial charge in [0.15, 0.2) is 0 Å². The summed E-state index contributed by atoms with van der Waals surface area (Å²) in [6.45, 7) is 7.50. The molecule has 1 heterocycles. The zero-order chi connectivity index (χ0) is 17.4. The minimum atomic E-state index is -0.143. The van der Waals surface area contributed by atoms with E-state index in [0.717, 1.165) is 37.4 Å². The third kappa shape index (κ3) is 5.13. The molecule has 134 valence electrons. The third-order valence-electron chi connectivity index (χ3n) is 5.02. The predicted molar refractivity (Wildman–Crippen MR) is 98.7 cm³/mol. The van der Waals surface area contributed by atoms with E-state index < -0.39 is 0 Å². The molecule has 1 atom stereocenters. The summed E-state index contributed by atoms with van der Waals surface area (Å²) in [5.74, 6) is 1.41. The number of likely N-dealkylation sites (tertiary alicyclic amines) is 1. The molecule has 1 aliphatic rings. The van der Waals surface area contributed by atoms with Gasteiger partial charge in [-0.05, 0) is 56.1 Å². The number of anilines is 1. The van der Waals surface area contributed by atoms with Crippen molar-refractivity contribution in [3.8, 4) is 5.75 Å². The minimum absolute atomic E-state index is 0.143. The highest BCUT2D eigenvalue weighted by molar-refractivity contribution is 5.89. The average molecular weight is 333 g/mol. The number of carbonyl (C=O) groups is 1. The summed E-state index contributed by atoms with van der Waals surface area (Å²) < 4.78 is 5.13. The van der Waals surface area contributed by atoms with Crippen molar-refractivity contribution in [3.63, 3.8) is 0 Å². The topological polar surface area (TPSA) is 53.6 Å². The van der Waals surface area contributed by atoms with Gasteiger partial charge in [-0.1, -0.05) is 26.7 Å². The first-order chi connectivity index (χ1) is 11.7. The quantitative estimate of drug-likeness (QED) is 0.762. The smallest absolute Gasteiger partial charge is 0.319 e. The normalized spacial score (nSPS) is 16.2. The van der Waals surface area contributed by atoms with E-state index in [-0.39, 0.29) is 6.03 Å². The molecule has 0 saturated carbocycles. The van der Waals surface area contributed by atoms with E-state index in [1.165, 1.54) is 12.8 Å². The number of urea groups is 1. The second kappa shape index (κ2) is 9.52. The van der Waals surface area contributed by atoms with Gasteiger partial charge in [0.1, 0.15) is 5.75 Å². The molecule has 2 N–H and O–H groups in total. The van der Waals surface area contributed by atoms with Crippen LogP contribution in [0.25, 0.3) is 0 Å². The Labute approximate surface area is 145 Å². The van der Waals surface area contributed by atoms with Crippen molar-refractivity contribution in [1.29, 1.82) is 0 Å². The van der Waals surface area contributed by atoms with Crippen LogP contribution in [0.3, 0.4) is 0 Å². The lowest BCUT2D eigenvalue weighted by molar-refractivity contribution is 0.163. The molecule has 5 nitrogen and oxygen atoms in total. The number of ether oxygens (including phenoxy) is 1. The van der Waals surface area contributed by atoms with Gasteiger partial charge < -0.3 is 15.4 Å². The van der Waals surface area contributed by atoms with Gasteiger partial charge in [0.25, 0.3) is 0 Å². The highest BCUT2D eigenvalue weighted by atomic mass is 16.5. The van der Waals surface area contributed by atoms with Crippen molar-refractivity contribution >= 4 is 11.7 Å². The van der Waals surface area contributed by atoms with Crippen LogP contribution in [-0.2, 0) is 0 Å². The molecule has 24 heavy (non-hydrogen) atoms. The van der Waals surface area contributed by atoms with Crippen molar-refractivity contribution in [2.24, 2.45) is 5.92 Å². The van der Waals surface area contributed by atoms with E-state index >= 15 is 0 Å². The Hall–Kier alpha value is -1.75. The number of hydrogen-bond acceptors (Lipinski definition) is 3. The zero-order valence-corrected chi connectivity index (χ0v) is 15.2. The molecule has 1 aliphatic heterocycles. The van der Waals surface area contributed by atoms with Gasteiger partial charge >= 0.3 is 6.03 Å². The van der Waals surface area contributed by atoms with Crippen LogP contribution in [0.15, 0.2) is 24.3 Å². The molecule has 5 heteroatoms. The molecule has 0 spiro atoms. The molecule has 0 bridgehead atoms. The standard InChI is InChI=1S/C19H31N3O2/c1-4-15(5-2)18(22-12-6-7-13-22)14-20-19(23)21-16-8-10-17(24-3)11-9-16/h8-11,15,18H,4-7,12-14H2,1-3H3,(H2,20,21,23). The summed E-state index contributed by atoms with van der Waals surface area (Å²) in [5.41, 5.74) is 0.772. The first-order valence-electron chi connectivity index (χ1n) is 9.10. The van der Waals surface area contributed by atoms with Gasteiger partial charge in [-0.2, -0.15) is 0 Å². The molecule has 0 aliphatic carbocycles. The van der Waals surface area contributed by atoms with Crippen molar-refractivity contribution < 1.29 is 9.53 Å². The average Bonchev–Trinajstić information content (AvgIpc) is 3.13. The van der Waals surface area contributed by atoms with E-state index in [9.17, 15) is 4.79 Å². The van der Waals surface area contributed by atoms with E-state index in [4.69, 9.17) is 4.74 Å². The van der Waals surface area contributed by atoms with E-state index in [2.05, 4.69) is 29.4 Å². The lowest BCUT2D eigenvalue weighted by Crippen LogP contribution is -2.47. The van der Waals surface area contributed by atoms with Crippen LogP contribution in [0.1, 0.15) is 39.5 Å². The molecule has 2 rings (SSSR count). The lowest BCUT2D eigenvalue weighted by Gasteiger charge is -2.33. The van der Waals surface area contributed by atoms with Crippen LogP contribution < -0.4 is 15.4 Å². The summed E-state index contributed by atoms with van der Waals surface area (Å²) >= 11 is 0. The Kier molecular flexibility index (Phi) is 7.37. The zero-order valence-electron chi connectivity index (χ0n) is 15.2. The van der Waals surface area contributed by atoms with Crippen molar-refractivity contribution in [1.82, 2.24) is 10.2 Å². The summed E-state index contributed by atoms with van der Waals surface area (Å²) in [5, 5.41) is 5.95. The summed E-state index contributed by atoms with van der Waals surface area (Å²) in [6, 6.07) is 7.66. The van der Waals surface area contributed by atoms with Gasteiger partial charge in [0, 0.05) is 18.3 Å². The monoisotopic (exact) mass is 333 g/mol. The number of nitrogens with zero attached hydrogens (tertiary/aromatic N) is 1. The predicted octanol–water partition coefficient (Wildman–Crippen LogP) is 3.72. The summed E-state index contributed by atoms with van der Waals surface area (Å²) in [4.78, 5) is 14.8. The lowest BCUT2D eigenvalue weighted by atomic mass is 9.93. The number of nitrogens with one attached hydrogen (secondary N) is 2. The van der Waals surface area contributed by atoms with E-state index in [0.29, 0.717) is 18.5 Å². The Morgan fingerprint density at radius 3 is 2.33 bits per heavy atom. The number of rotatable bonds is 8. The summed E-state index contributed by atoms with van der Waals surface area (Å²) in [7, 11) is 1.63. The van der Waals surface area contributed by atoms with Crippen LogP contribution in [0.2, 0.25) is 0 Å². The van der Waals surface area contributed by atoms with Gasteiger partial charge in [-0.25, -0.2) is 4.79 Å². The molecule has 2 amide bonds. The first-order valence-corrected chi connectivity index (χ1v) is 9.10. The molecule has 1 aromatic carbocycles. The fourth-order valence-electron chi connectivity index (χ4n) is 3.55. The Morgan fingerprint density at radius 2 is 1.79 bits per heavy atom. The molecule has 0 aromatic heterocycles. The highest BCUT2D eigenvalue weighted by Crippen LogP contribution is 2.22. The van der Waals surface area contributed by atoms with Gasteiger partial charge in [-0.15, -0.1) is 0 Å². The Bertz CT molecular complexity index is 492.